The van der Waals surface area contributed by atoms with Crippen LogP contribution < -0.4 is 5.32 Å². The summed E-state index contributed by atoms with van der Waals surface area (Å²) >= 11 is 2.12. The normalized spacial score (nSPS) is 15.4. The van der Waals surface area contributed by atoms with Gasteiger partial charge in [-0.1, -0.05) is 27.2 Å². The predicted molar refractivity (Wildman–Crippen MR) is 69.2 cm³/mol. The highest BCUT2D eigenvalue weighted by atomic mass is 32.2. The average molecular weight is 217 g/mol. The molecule has 1 N–H and O–H groups in total. The van der Waals surface area contributed by atoms with E-state index in [0.717, 1.165) is 12.5 Å². The fourth-order valence-corrected chi connectivity index (χ4v) is 2.52. The van der Waals surface area contributed by atoms with Gasteiger partial charge in [0.1, 0.15) is 0 Å². The molecule has 0 saturated heterocycles. The van der Waals surface area contributed by atoms with Crippen LogP contribution in [0.15, 0.2) is 0 Å². The molecule has 0 aromatic carbocycles. The Kier molecular flexibility index (Phi) is 10.1. The lowest BCUT2D eigenvalue weighted by Gasteiger charge is -2.12. The standard InChI is InChI=1S/C12H27NS/c1-5-11(3)10-14-9-7-8-12(4)13-6-2/h11-13H,5-10H2,1-4H3. The first-order valence-corrected chi connectivity index (χ1v) is 7.17. The van der Waals surface area contributed by atoms with Crippen LogP contribution in [0.3, 0.4) is 0 Å². The number of thioether (sulfide) groups is 1. The summed E-state index contributed by atoms with van der Waals surface area (Å²) in [5.74, 6) is 3.57. The van der Waals surface area contributed by atoms with Gasteiger partial charge in [0, 0.05) is 6.04 Å². The Hall–Kier alpha value is 0.310. The van der Waals surface area contributed by atoms with E-state index in [1.165, 1.54) is 30.8 Å². The van der Waals surface area contributed by atoms with Gasteiger partial charge < -0.3 is 5.32 Å². The van der Waals surface area contributed by atoms with Crippen molar-refractivity contribution < 1.29 is 0 Å². The molecule has 0 spiro atoms. The van der Waals surface area contributed by atoms with Crippen LogP contribution in [-0.2, 0) is 0 Å². The molecule has 0 aliphatic heterocycles. The minimum atomic E-state index is 0.698. The molecular weight excluding hydrogens is 190 g/mol. The molecular formula is C12H27NS. The molecule has 0 rings (SSSR count). The van der Waals surface area contributed by atoms with Crippen molar-refractivity contribution in [3.05, 3.63) is 0 Å². The minimum Gasteiger partial charge on any atom is -0.315 e. The average Bonchev–Trinajstić information content (AvgIpc) is 2.17. The van der Waals surface area contributed by atoms with Crippen molar-refractivity contribution in [1.29, 1.82) is 0 Å². The van der Waals surface area contributed by atoms with E-state index in [1.807, 2.05) is 0 Å². The maximum absolute atomic E-state index is 3.45. The molecule has 2 heteroatoms. The Morgan fingerprint density at radius 1 is 1.21 bits per heavy atom. The van der Waals surface area contributed by atoms with E-state index < -0.39 is 0 Å². The van der Waals surface area contributed by atoms with Crippen molar-refractivity contribution in [2.45, 2.75) is 53.0 Å². The Morgan fingerprint density at radius 2 is 1.93 bits per heavy atom. The number of rotatable bonds is 9. The number of nitrogens with one attached hydrogen (secondary N) is 1. The summed E-state index contributed by atoms with van der Waals surface area (Å²) < 4.78 is 0. The first-order chi connectivity index (χ1) is 6.70. The van der Waals surface area contributed by atoms with Crippen LogP contribution in [0.4, 0.5) is 0 Å². The van der Waals surface area contributed by atoms with Gasteiger partial charge >= 0.3 is 0 Å². The smallest absolute Gasteiger partial charge is 0.00389 e. The molecule has 0 aromatic heterocycles. The van der Waals surface area contributed by atoms with E-state index in [9.17, 15) is 0 Å². The van der Waals surface area contributed by atoms with Crippen molar-refractivity contribution in [2.24, 2.45) is 5.92 Å². The van der Waals surface area contributed by atoms with Crippen LogP contribution in [0.1, 0.15) is 47.0 Å². The van der Waals surface area contributed by atoms with Crippen molar-refractivity contribution in [3.8, 4) is 0 Å². The van der Waals surface area contributed by atoms with Crippen molar-refractivity contribution in [3.63, 3.8) is 0 Å². The summed E-state index contributed by atoms with van der Waals surface area (Å²) in [6, 6.07) is 0.698. The summed E-state index contributed by atoms with van der Waals surface area (Å²) in [6.45, 7) is 10.2. The second kappa shape index (κ2) is 9.85. The Bertz CT molecular complexity index is 117. The van der Waals surface area contributed by atoms with Crippen LogP contribution in [0.5, 0.6) is 0 Å². The quantitative estimate of drug-likeness (QED) is 0.593. The summed E-state index contributed by atoms with van der Waals surface area (Å²) in [5, 5.41) is 3.45. The van der Waals surface area contributed by atoms with Crippen LogP contribution in [0.2, 0.25) is 0 Å². The molecule has 2 atom stereocenters. The predicted octanol–water partition coefficient (Wildman–Crippen LogP) is 3.54. The largest absolute Gasteiger partial charge is 0.315 e. The summed E-state index contributed by atoms with van der Waals surface area (Å²) in [4.78, 5) is 0. The molecule has 0 aromatic rings. The maximum atomic E-state index is 3.45. The van der Waals surface area contributed by atoms with E-state index in [1.54, 1.807) is 0 Å². The highest BCUT2D eigenvalue weighted by Gasteiger charge is 2.01. The third-order valence-electron chi connectivity index (χ3n) is 2.58. The van der Waals surface area contributed by atoms with E-state index >= 15 is 0 Å². The Balaban J connectivity index is 3.13. The topological polar surface area (TPSA) is 12.0 Å². The molecule has 2 unspecified atom stereocenters. The van der Waals surface area contributed by atoms with Gasteiger partial charge in [0.2, 0.25) is 0 Å². The Labute approximate surface area is 94.4 Å². The second-order valence-corrected chi connectivity index (χ2v) is 5.34. The van der Waals surface area contributed by atoms with Crippen LogP contribution in [-0.4, -0.2) is 24.1 Å². The molecule has 0 bridgehead atoms. The molecule has 14 heavy (non-hydrogen) atoms. The molecule has 0 aliphatic carbocycles. The molecule has 0 radical (unpaired) electrons. The lowest BCUT2D eigenvalue weighted by Crippen LogP contribution is -2.25. The first-order valence-electron chi connectivity index (χ1n) is 6.01. The summed E-state index contributed by atoms with van der Waals surface area (Å²) in [7, 11) is 0. The van der Waals surface area contributed by atoms with Crippen LogP contribution in [0, 0.1) is 5.92 Å². The van der Waals surface area contributed by atoms with Gasteiger partial charge in [0.05, 0.1) is 0 Å². The van der Waals surface area contributed by atoms with Crippen molar-refractivity contribution >= 4 is 11.8 Å². The zero-order valence-electron chi connectivity index (χ0n) is 10.3. The van der Waals surface area contributed by atoms with Gasteiger partial charge in [0.25, 0.3) is 0 Å². The Morgan fingerprint density at radius 3 is 2.50 bits per heavy atom. The molecule has 0 heterocycles. The van der Waals surface area contributed by atoms with Crippen molar-refractivity contribution in [1.82, 2.24) is 5.32 Å². The SMILES string of the molecule is CCNC(C)CCCSCC(C)CC. The maximum Gasteiger partial charge on any atom is 0.00389 e. The zero-order valence-corrected chi connectivity index (χ0v) is 11.1. The molecule has 0 aliphatic rings. The molecule has 0 fully saturated rings. The number of hydrogen-bond acceptors (Lipinski definition) is 2. The van der Waals surface area contributed by atoms with Gasteiger partial charge in [-0.3, -0.25) is 0 Å². The second-order valence-electron chi connectivity index (χ2n) is 4.19. The van der Waals surface area contributed by atoms with Crippen molar-refractivity contribution in [2.75, 3.05) is 18.1 Å². The molecule has 86 valence electrons. The monoisotopic (exact) mass is 217 g/mol. The van der Waals surface area contributed by atoms with Crippen LogP contribution in [0.25, 0.3) is 0 Å². The summed E-state index contributed by atoms with van der Waals surface area (Å²) in [5.41, 5.74) is 0. The van der Waals surface area contributed by atoms with E-state index in [4.69, 9.17) is 0 Å². The lowest BCUT2D eigenvalue weighted by atomic mass is 10.2. The summed E-state index contributed by atoms with van der Waals surface area (Å²) in [6.07, 6.45) is 4.00. The fourth-order valence-electron chi connectivity index (χ4n) is 1.34. The van der Waals surface area contributed by atoms with Gasteiger partial charge in [0.15, 0.2) is 0 Å². The third kappa shape index (κ3) is 8.89. The zero-order chi connectivity index (χ0) is 10.8. The molecule has 1 nitrogen and oxygen atoms in total. The lowest BCUT2D eigenvalue weighted by molar-refractivity contribution is 0.526. The highest BCUT2D eigenvalue weighted by molar-refractivity contribution is 7.99. The minimum absolute atomic E-state index is 0.698. The molecule has 0 amide bonds. The fraction of sp³-hybridized carbons (Fsp3) is 1.00. The first kappa shape index (κ1) is 14.3. The highest BCUT2D eigenvalue weighted by Crippen LogP contribution is 2.13. The van der Waals surface area contributed by atoms with Crippen LogP contribution >= 0.6 is 11.8 Å². The van der Waals surface area contributed by atoms with E-state index in [2.05, 4.69) is 44.8 Å². The van der Waals surface area contributed by atoms with E-state index in [-0.39, 0.29) is 0 Å². The number of hydrogen-bond donors (Lipinski definition) is 1. The molecule has 0 saturated carbocycles. The van der Waals surface area contributed by atoms with E-state index in [0.29, 0.717) is 6.04 Å². The van der Waals surface area contributed by atoms with Gasteiger partial charge in [-0.05, 0) is 43.7 Å². The van der Waals surface area contributed by atoms with Gasteiger partial charge in [-0.25, -0.2) is 0 Å². The van der Waals surface area contributed by atoms with Gasteiger partial charge in [-0.15, -0.1) is 0 Å². The van der Waals surface area contributed by atoms with Gasteiger partial charge in [-0.2, -0.15) is 11.8 Å². The third-order valence-corrected chi connectivity index (χ3v) is 3.96.